The van der Waals surface area contributed by atoms with Gasteiger partial charge >= 0.3 is 6.03 Å². The fourth-order valence-corrected chi connectivity index (χ4v) is 2.91. The number of benzene rings is 1. The molecule has 7 heteroatoms. The minimum absolute atomic E-state index is 0.0649. The highest BCUT2D eigenvalue weighted by atomic mass is 35.5. The summed E-state index contributed by atoms with van der Waals surface area (Å²) in [4.78, 5) is 14.2. The number of urea groups is 1. The van der Waals surface area contributed by atoms with E-state index in [9.17, 15) is 4.79 Å². The number of hydrogen-bond acceptors (Lipinski definition) is 4. The molecule has 6 nitrogen and oxygen atoms in total. The Morgan fingerprint density at radius 3 is 3.04 bits per heavy atom. The zero-order valence-corrected chi connectivity index (χ0v) is 14.5. The van der Waals surface area contributed by atoms with Crippen molar-refractivity contribution in [3.05, 3.63) is 40.7 Å². The van der Waals surface area contributed by atoms with E-state index in [4.69, 9.17) is 20.9 Å². The number of nitrogens with one attached hydrogen (secondary N) is 1. The highest BCUT2D eigenvalue weighted by Gasteiger charge is 2.29. The molecule has 1 N–H and O–H groups in total. The van der Waals surface area contributed by atoms with Gasteiger partial charge in [0.1, 0.15) is 23.2 Å². The van der Waals surface area contributed by atoms with Crippen molar-refractivity contribution < 1.29 is 14.1 Å². The van der Waals surface area contributed by atoms with Gasteiger partial charge in [-0.15, -0.1) is 0 Å². The maximum absolute atomic E-state index is 12.5. The summed E-state index contributed by atoms with van der Waals surface area (Å²) in [5, 5.41) is 7.37. The quantitative estimate of drug-likeness (QED) is 0.909. The number of carbonyl (C=O) groups excluding carboxylic acids is 1. The van der Waals surface area contributed by atoms with Crippen LogP contribution in [-0.2, 0) is 6.42 Å². The van der Waals surface area contributed by atoms with Crippen LogP contribution < -0.4 is 10.1 Å². The lowest BCUT2D eigenvalue weighted by atomic mass is 10.2. The molecule has 1 aromatic heterocycles. The predicted octanol–water partition coefficient (Wildman–Crippen LogP) is 3.88. The lowest BCUT2D eigenvalue weighted by molar-refractivity contribution is 0.195. The van der Waals surface area contributed by atoms with E-state index < -0.39 is 0 Å². The maximum atomic E-state index is 12.5. The first kappa shape index (κ1) is 16.6. The van der Waals surface area contributed by atoms with Crippen molar-refractivity contribution in [1.82, 2.24) is 10.1 Å². The molecule has 1 aliphatic rings. The fourth-order valence-electron chi connectivity index (χ4n) is 2.73. The SMILES string of the molecule is CCc1onc(C)c1NC(=O)N1CC[C@@H](Oc2ccccc2Cl)C1. The maximum Gasteiger partial charge on any atom is 0.322 e. The van der Waals surface area contributed by atoms with Gasteiger partial charge in [0, 0.05) is 19.4 Å². The van der Waals surface area contributed by atoms with E-state index in [-0.39, 0.29) is 12.1 Å². The van der Waals surface area contributed by atoms with Gasteiger partial charge in [0.2, 0.25) is 0 Å². The largest absolute Gasteiger partial charge is 0.487 e. The highest BCUT2D eigenvalue weighted by Crippen LogP contribution is 2.27. The second-order valence-electron chi connectivity index (χ2n) is 5.75. The van der Waals surface area contributed by atoms with E-state index in [0.29, 0.717) is 47.4 Å². The number of aryl methyl sites for hydroxylation is 2. The third kappa shape index (κ3) is 3.48. The number of hydrogen-bond donors (Lipinski definition) is 1. The average Bonchev–Trinajstić information content (AvgIpc) is 3.17. The van der Waals surface area contributed by atoms with Crippen molar-refractivity contribution in [1.29, 1.82) is 0 Å². The van der Waals surface area contributed by atoms with Gasteiger partial charge in [-0.2, -0.15) is 0 Å². The van der Waals surface area contributed by atoms with Crippen LogP contribution in [0.1, 0.15) is 24.8 Å². The number of rotatable bonds is 4. The molecule has 1 saturated heterocycles. The van der Waals surface area contributed by atoms with Crippen LogP contribution in [0.15, 0.2) is 28.8 Å². The number of likely N-dealkylation sites (tertiary alicyclic amines) is 1. The van der Waals surface area contributed by atoms with E-state index in [1.807, 2.05) is 32.0 Å². The molecule has 1 fully saturated rings. The van der Waals surface area contributed by atoms with Gasteiger partial charge in [-0.25, -0.2) is 4.79 Å². The van der Waals surface area contributed by atoms with Gasteiger partial charge < -0.3 is 19.5 Å². The number of para-hydroxylation sites is 1. The van der Waals surface area contributed by atoms with Crippen molar-refractivity contribution in [2.24, 2.45) is 0 Å². The summed E-state index contributed by atoms with van der Waals surface area (Å²) in [6, 6.07) is 7.19. The Morgan fingerprint density at radius 2 is 2.29 bits per heavy atom. The number of halogens is 1. The van der Waals surface area contributed by atoms with Crippen molar-refractivity contribution in [3.63, 3.8) is 0 Å². The Hall–Kier alpha value is -2.21. The third-order valence-electron chi connectivity index (χ3n) is 4.05. The van der Waals surface area contributed by atoms with Gasteiger partial charge in [0.25, 0.3) is 0 Å². The number of nitrogens with zero attached hydrogens (tertiary/aromatic N) is 2. The van der Waals surface area contributed by atoms with Crippen LogP contribution >= 0.6 is 11.6 Å². The van der Waals surface area contributed by atoms with Crippen LogP contribution in [0.25, 0.3) is 0 Å². The summed E-state index contributed by atoms with van der Waals surface area (Å²) < 4.78 is 11.1. The van der Waals surface area contributed by atoms with Crippen LogP contribution in [0, 0.1) is 6.92 Å². The van der Waals surface area contributed by atoms with Gasteiger partial charge in [-0.3, -0.25) is 0 Å². The van der Waals surface area contributed by atoms with Crippen LogP contribution in [0.2, 0.25) is 5.02 Å². The molecule has 2 aromatic rings. The van der Waals surface area contributed by atoms with Gasteiger partial charge in [-0.05, 0) is 19.1 Å². The Labute approximate surface area is 145 Å². The molecule has 0 aliphatic carbocycles. The first-order valence-corrected chi connectivity index (χ1v) is 8.38. The predicted molar refractivity (Wildman–Crippen MR) is 91.7 cm³/mol. The molecule has 1 aromatic carbocycles. The van der Waals surface area contributed by atoms with Crippen molar-refractivity contribution >= 4 is 23.3 Å². The average molecular weight is 350 g/mol. The summed E-state index contributed by atoms with van der Waals surface area (Å²) in [5.41, 5.74) is 1.35. The zero-order valence-electron chi connectivity index (χ0n) is 13.7. The lowest BCUT2D eigenvalue weighted by Gasteiger charge is -2.18. The normalized spacial score (nSPS) is 17.1. The number of aromatic nitrogens is 1. The topological polar surface area (TPSA) is 67.6 Å². The lowest BCUT2D eigenvalue weighted by Crippen LogP contribution is -2.34. The molecule has 128 valence electrons. The summed E-state index contributed by atoms with van der Waals surface area (Å²) in [5.74, 6) is 1.33. The molecule has 0 saturated carbocycles. The monoisotopic (exact) mass is 349 g/mol. The van der Waals surface area contributed by atoms with Gasteiger partial charge in [0.15, 0.2) is 5.76 Å². The van der Waals surface area contributed by atoms with E-state index >= 15 is 0 Å². The minimum atomic E-state index is -0.166. The van der Waals surface area contributed by atoms with E-state index in [1.54, 1.807) is 11.0 Å². The highest BCUT2D eigenvalue weighted by molar-refractivity contribution is 6.32. The number of anilines is 1. The number of carbonyl (C=O) groups is 1. The van der Waals surface area contributed by atoms with Crippen LogP contribution in [0.3, 0.4) is 0 Å². The molecule has 0 spiro atoms. The first-order valence-electron chi connectivity index (χ1n) is 8.00. The molecule has 0 radical (unpaired) electrons. The summed E-state index contributed by atoms with van der Waals surface area (Å²) in [6.45, 7) is 4.92. The molecule has 2 heterocycles. The number of ether oxygens (including phenoxy) is 1. The second kappa shape index (κ2) is 7.13. The van der Waals surface area contributed by atoms with Crippen molar-refractivity contribution in [2.75, 3.05) is 18.4 Å². The molecule has 2 amide bonds. The Kier molecular flexibility index (Phi) is 4.94. The van der Waals surface area contributed by atoms with E-state index in [0.717, 1.165) is 6.42 Å². The fraction of sp³-hybridized carbons (Fsp3) is 0.412. The Balaban J connectivity index is 1.60. The van der Waals surface area contributed by atoms with Gasteiger partial charge in [-0.1, -0.05) is 35.8 Å². The summed E-state index contributed by atoms with van der Waals surface area (Å²) in [6.07, 6.45) is 1.38. The second-order valence-corrected chi connectivity index (χ2v) is 6.16. The van der Waals surface area contributed by atoms with Gasteiger partial charge in [0.05, 0.1) is 11.6 Å². The first-order chi connectivity index (χ1) is 11.6. The van der Waals surface area contributed by atoms with Crippen LogP contribution in [0.4, 0.5) is 10.5 Å². The third-order valence-corrected chi connectivity index (χ3v) is 4.36. The molecule has 24 heavy (non-hydrogen) atoms. The molecular formula is C17H20ClN3O3. The zero-order chi connectivity index (χ0) is 17.1. The molecular weight excluding hydrogens is 330 g/mol. The molecule has 1 aliphatic heterocycles. The Bertz CT molecular complexity index is 732. The summed E-state index contributed by atoms with van der Waals surface area (Å²) in [7, 11) is 0. The molecule has 0 unspecified atom stereocenters. The van der Waals surface area contributed by atoms with Crippen LogP contribution in [0.5, 0.6) is 5.75 Å². The van der Waals surface area contributed by atoms with Crippen LogP contribution in [-0.4, -0.2) is 35.3 Å². The van der Waals surface area contributed by atoms with Crippen molar-refractivity contribution in [3.8, 4) is 5.75 Å². The number of amides is 2. The standard InChI is InChI=1S/C17H20ClN3O3/c1-3-14-16(11(2)20-24-14)19-17(22)21-9-8-12(10-21)23-15-7-5-4-6-13(15)18/h4-7,12H,3,8-10H2,1-2H3,(H,19,22)/t12-/m1/s1. The molecule has 3 rings (SSSR count). The molecule has 0 bridgehead atoms. The van der Waals surface area contributed by atoms with Crippen molar-refractivity contribution in [2.45, 2.75) is 32.8 Å². The van der Waals surface area contributed by atoms with E-state index in [1.165, 1.54) is 0 Å². The minimum Gasteiger partial charge on any atom is -0.487 e. The molecule has 1 atom stereocenters. The Morgan fingerprint density at radius 1 is 1.50 bits per heavy atom. The smallest absolute Gasteiger partial charge is 0.322 e. The summed E-state index contributed by atoms with van der Waals surface area (Å²) >= 11 is 6.11. The van der Waals surface area contributed by atoms with E-state index in [2.05, 4.69) is 10.5 Å².